The van der Waals surface area contributed by atoms with E-state index in [9.17, 15) is 18.0 Å². The maximum absolute atomic E-state index is 13.5. The molecule has 3 aromatic carbocycles. The van der Waals surface area contributed by atoms with Crippen LogP contribution in [0.25, 0.3) is 10.9 Å². The number of nitrogens with one attached hydrogen (secondary N) is 1. The summed E-state index contributed by atoms with van der Waals surface area (Å²) in [5.41, 5.74) is 2.90. The van der Waals surface area contributed by atoms with Crippen molar-refractivity contribution in [2.45, 2.75) is 17.9 Å². The Morgan fingerprint density at radius 1 is 0.944 bits per heavy atom. The van der Waals surface area contributed by atoms with E-state index in [0.29, 0.717) is 22.3 Å². The van der Waals surface area contributed by atoms with Crippen LogP contribution in [0, 0.1) is 6.92 Å². The van der Waals surface area contributed by atoms with Crippen LogP contribution in [0.2, 0.25) is 0 Å². The number of benzene rings is 3. The molecule has 0 saturated heterocycles. The van der Waals surface area contributed by atoms with Crippen molar-refractivity contribution < 1.29 is 22.7 Å². The zero-order valence-corrected chi connectivity index (χ0v) is 21.2. The number of para-hydroxylation sites is 1. The number of methoxy groups -OCH3 is 1. The SMILES string of the molecule is COC(=O)c1ccc([C@@H](NS(=O)(=O)c2ccc(C)cc2)c2cc3ccccc3n2C(=O)N(C)C)cc1. The van der Waals surface area contributed by atoms with Crippen molar-refractivity contribution in [3.8, 4) is 0 Å². The summed E-state index contributed by atoms with van der Waals surface area (Å²) >= 11 is 0. The van der Waals surface area contributed by atoms with Crippen molar-refractivity contribution in [1.82, 2.24) is 14.2 Å². The van der Waals surface area contributed by atoms with Gasteiger partial charge in [-0.15, -0.1) is 0 Å². The first kappa shape index (κ1) is 25.2. The Morgan fingerprint density at radius 2 is 1.58 bits per heavy atom. The highest BCUT2D eigenvalue weighted by molar-refractivity contribution is 7.89. The summed E-state index contributed by atoms with van der Waals surface area (Å²) in [6, 6.07) is 20.8. The average Bonchev–Trinajstić information content (AvgIpc) is 3.26. The number of carbonyl (C=O) groups excluding carboxylic acids is 2. The maximum atomic E-state index is 13.5. The van der Waals surface area contributed by atoms with E-state index in [1.807, 2.05) is 31.2 Å². The molecule has 0 radical (unpaired) electrons. The standard InChI is InChI=1S/C27H27N3O5S/c1-18-9-15-22(16-10-18)36(33,34)28-25(19-11-13-20(14-12-19)26(31)35-4)24-17-21-7-5-6-8-23(21)30(24)27(32)29(2)3/h5-17,25,28H,1-4H3/t25-/m1/s1. The molecular formula is C27H27N3O5S. The van der Waals surface area contributed by atoms with Crippen molar-refractivity contribution in [2.75, 3.05) is 21.2 Å². The molecule has 1 amide bonds. The van der Waals surface area contributed by atoms with Crippen molar-refractivity contribution in [2.24, 2.45) is 0 Å². The molecule has 1 N–H and O–H groups in total. The molecule has 4 aromatic rings. The van der Waals surface area contributed by atoms with E-state index in [1.54, 1.807) is 56.6 Å². The molecule has 0 bridgehead atoms. The monoisotopic (exact) mass is 505 g/mol. The molecule has 1 atom stereocenters. The first-order valence-corrected chi connectivity index (χ1v) is 12.7. The Morgan fingerprint density at radius 3 is 2.19 bits per heavy atom. The first-order valence-electron chi connectivity index (χ1n) is 11.2. The third kappa shape index (κ3) is 4.89. The van der Waals surface area contributed by atoms with Gasteiger partial charge in [-0.3, -0.25) is 4.57 Å². The molecule has 1 aromatic heterocycles. The quantitative estimate of drug-likeness (QED) is 0.393. The topological polar surface area (TPSA) is 97.7 Å². The summed E-state index contributed by atoms with van der Waals surface area (Å²) < 4.78 is 36.0. The van der Waals surface area contributed by atoms with Crippen molar-refractivity contribution in [3.05, 3.63) is 101 Å². The van der Waals surface area contributed by atoms with Gasteiger partial charge in [0.25, 0.3) is 0 Å². The van der Waals surface area contributed by atoms with E-state index in [1.165, 1.54) is 28.7 Å². The van der Waals surface area contributed by atoms with E-state index >= 15 is 0 Å². The number of amides is 1. The number of aryl methyl sites for hydroxylation is 1. The van der Waals surface area contributed by atoms with Gasteiger partial charge in [-0.25, -0.2) is 18.0 Å². The molecule has 9 heteroatoms. The Labute approximate surface area is 210 Å². The molecular weight excluding hydrogens is 478 g/mol. The predicted octanol–water partition coefficient (Wildman–Crippen LogP) is 4.33. The smallest absolute Gasteiger partial charge is 0.337 e. The molecule has 0 saturated carbocycles. The van der Waals surface area contributed by atoms with Crippen LogP contribution in [0.15, 0.2) is 83.8 Å². The van der Waals surface area contributed by atoms with E-state index in [4.69, 9.17) is 4.74 Å². The normalized spacial score (nSPS) is 12.3. The third-order valence-electron chi connectivity index (χ3n) is 5.88. The first-order chi connectivity index (χ1) is 17.1. The van der Waals surface area contributed by atoms with Gasteiger partial charge in [0.1, 0.15) is 0 Å². The zero-order chi connectivity index (χ0) is 26.0. The Bertz CT molecular complexity index is 1520. The largest absolute Gasteiger partial charge is 0.465 e. The van der Waals surface area contributed by atoms with E-state index in [2.05, 4.69) is 4.72 Å². The number of sulfonamides is 1. The fourth-order valence-corrected chi connectivity index (χ4v) is 5.17. The lowest BCUT2D eigenvalue weighted by Gasteiger charge is -2.23. The number of ether oxygens (including phenoxy) is 1. The highest BCUT2D eigenvalue weighted by Gasteiger charge is 2.29. The third-order valence-corrected chi connectivity index (χ3v) is 7.32. The minimum atomic E-state index is -3.98. The Kier molecular flexibility index (Phi) is 6.96. The van der Waals surface area contributed by atoms with E-state index in [0.717, 1.165) is 10.9 Å². The van der Waals surface area contributed by atoms with Gasteiger partial charge in [-0.05, 0) is 48.9 Å². The number of nitrogens with zero attached hydrogens (tertiary/aromatic N) is 2. The minimum Gasteiger partial charge on any atom is -0.465 e. The fourth-order valence-electron chi connectivity index (χ4n) is 3.97. The summed E-state index contributed by atoms with van der Waals surface area (Å²) in [5.74, 6) is -0.504. The highest BCUT2D eigenvalue weighted by Crippen LogP contribution is 2.31. The number of hydrogen-bond acceptors (Lipinski definition) is 5. The minimum absolute atomic E-state index is 0.103. The van der Waals surface area contributed by atoms with Gasteiger partial charge in [-0.2, -0.15) is 4.72 Å². The lowest BCUT2D eigenvalue weighted by atomic mass is 10.0. The number of aromatic nitrogens is 1. The molecule has 4 rings (SSSR count). The second-order valence-electron chi connectivity index (χ2n) is 8.62. The second kappa shape index (κ2) is 9.96. The maximum Gasteiger partial charge on any atom is 0.337 e. The van der Waals surface area contributed by atoms with Gasteiger partial charge < -0.3 is 9.64 Å². The number of rotatable bonds is 6. The molecule has 0 spiro atoms. The molecule has 0 fully saturated rings. The van der Waals surface area contributed by atoms with Gasteiger partial charge in [0.15, 0.2) is 0 Å². The van der Waals surface area contributed by atoms with E-state index in [-0.39, 0.29) is 10.9 Å². The molecule has 0 aliphatic rings. The van der Waals surface area contributed by atoms with Crippen LogP contribution < -0.4 is 4.72 Å². The van der Waals surface area contributed by atoms with Crippen LogP contribution in [0.5, 0.6) is 0 Å². The lowest BCUT2D eigenvalue weighted by molar-refractivity contribution is 0.0600. The highest BCUT2D eigenvalue weighted by atomic mass is 32.2. The Hall–Kier alpha value is -3.95. The molecule has 0 unspecified atom stereocenters. The van der Waals surface area contributed by atoms with Crippen LogP contribution >= 0.6 is 0 Å². The van der Waals surface area contributed by atoms with Crippen molar-refractivity contribution >= 4 is 32.9 Å². The van der Waals surface area contributed by atoms with Crippen molar-refractivity contribution in [1.29, 1.82) is 0 Å². The molecule has 36 heavy (non-hydrogen) atoms. The van der Waals surface area contributed by atoms with Crippen molar-refractivity contribution in [3.63, 3.8) is 0 Å². The second-order valence-corrected chi connectivity index (χ2v) is 10.3. The summed E-state index contributed by atoms with van der Waals surface area (Å²) in [5, 5.41) is 0.786. The Balaban J connectivity index is 1.91. The van der Waals surface area contributed by atoms with Crippen LogP contribution in [-0.2, 0) is 14.8 Å². The summed E-state index contributed by atoms with van der Waals surface area (Å²) in [4.78, 5) is 26.8. The fraction of sp³-hybridized carbons (Fsp3) is 0.185. The summed E-state index contributed by atoms with van der Waals surface area (Å²) in [6.07, 6.45) is 0. The van der Waals surface area contributed by atoms with Gasteiger partial charge in [0.2, 0.25) is 10.0 Å². The summed E-state index contributed by atoms with van der Waals surface area (Å²) in [6.45, 7) is 1.88. The molecule has 0 aliphatic heterocycles. The number of hydrogen-bond donors (Lipinski definition) is 1. The number of fused-ring (bicyclic) bond motifs is 1. The van der Waals surface area contributed by atoms with Gasteiger partial charge in [-0.1, -0.05) is 48.0 Å². The molecule has 8 nitrogen and oxygen atoms in total. The van der Waals surface area contributed by atoms with Crippen LogP contribution in [0.3, 0.4) is 0 Å². The van der Waals surface area contributed by atoms with E-state index < -0.39 is 22.0 Å². The van der Waals surface area contributed by atoms with Gasteiger partial charge in [0.05, 0.1) is 34.8 Å². The zero-order valence-electron chi connectivity index (χ0n) is 20.4. The number of esters is 1. The summed E-state index contributed by atoms with van der Waals surface area (Å²) in [7, 11) is 0.581. The van der Waals surface area contributed by atoms with Gasteiger partial charge >= 0.3 is 12.0 Å². The number of carbonyl (C=O) groups is 2. The average molecular weight is 506 g/mol. The van der Waals surface area contributed by atoms with Crippen LogP contribution in [0.1, 0.15) is 33.2 Å². The molecule has 1 heterocycles. The van der Waals surface area contributed by atoms with Crippen LogP contribution in [0.4, 0.5) is 4.79 Å². The lowest BCUT2D eigenvalue weighted by Crippen LogP contribution is -2.34. The van der Waals surface area contributed by atoms with Crippen LogP contribution in [-0.4, -0.2) is 51.1 Å². The molecule has 186 valence electrons. The van der Waals surface area contributed by atoms with Gasteiger partial charge in [0, 0.05) is 19.5 Å². The predicted molar refractivity (Wildman–Crippen MR) is 138 cm³/mol. The molecule has 0 aliphatic carbocycles.